The highest BCUT2D eigenvalue weighted by Crippen LogP contribution is 2.63. The molecule has 0 saturated heterocycles. The van der Waals surface area contributed by atoms with Crippen molar-refractivity contribution in [2.24, 2.45) is 35.5 Å². The number of nitriles is 2. The molecule has 4 nitrogen and oxygen atoms in total. The third-order valence-electron chi connectivity index (χ3n) is 14.0. The fourth-order valence-corrected chi connectivity index (χ4v) is 12.7. The van der Waals surface area contributed by atoms with E-state index in [4.69, 9.17) is 9.47 Å². The fraction of sp³-hybridized carbons (Fsp3) is 0.435. The van der Waals surface area contributed by atoms with E-state index in [9.17, 15) is 10.5 Å². The molecule has 12 rings (SSSR count). The van der Waals surface area contributed by atoms with Gasteiger partial charge in [0, 0.05) is 11.1 Å². The number of nitrogens with zero attached hydrogens (tertiary/aromatic N) is 2. The average molecular weight is 657 g/mol. The first-order chi connectivity index (χ1) is 24.4. The fourth-order valence-electron chi connectivity index (χ4n) is 12.7. The third-order valence-corrected chi connectivity index (χ3v) is 14.0. The van der Waals surface area contributed by atoms with Gasteiger partial charge in [-0.25, -0.2) is 0 Å². The van der Waals surface area contributed by atoms with E-state index in [-0.39, 0.29) is 10.8 Å². The molecule has 4 aromatic rings. The van der Waals surface area contributed by atoms with Gasteiger partial charge in [0.2, 0.25) is 0 Å². The van der Waals surface area contributed by atoms with Crippen molar-refractivity contribution in [3.63, 3.8) is 0 Å². The van der Waals surface area contributed by atoms with Gasteiger partial charge in [-0.1, -0.05) is 12.1 Å². The third kappa shape index (κ3) is 5.14. The molecule has 4 heteroatoms. The summed E-state index contributed by atoms with van der Waals surface area (Å²) in [7, 11) is 0. The van der Waals surface area contributed by atoms with Crippen LogP contribution >= 0.6 is 0 Å². The second-order valence-corrected chi connectivity index (χ2v) is 17.3. The van der Waals surface area contributed by atoms with E-state index in [1.807, 2.05) is 48.5 Å². The minimum Gasteiger partial charge on any atom is -0.457 e. The molecule has 8 aliphatic rings. The van der Waals surface area contributed by atoms with Gasteiger partial charge >= 0.3 is 0 Å². The van der Waals surface area contributed by atoms with E-state index in [1.54, 1.807) is 0 Å². The highest BCUT2D eigenvalue weighted by Gasteiger charge is 2.53. The summed E-state index contributed by atoms with van der Waals surface area (Å²) in [6, 6.07) is 33.4. The van der Waals surface area contributed by atoms with Crippen LogP contribution in [0.2, 0.25) is 0 Å². The lowest BCUT2D eigenvalue weighted by Crippen LogP contribution is -2.48. The summed E-state index contributed by atoms with van der Waals surface area (Å²) in [6.45, 7) is 0. The van der Waals surface area contributed by atoms with Crippen LogP contribution in [0.15, 0.2) is 84.9 Å². The van der Waals surface area contributed by atoms with Crippen LogP contribution in [-0.2, 0) is 10.8 Å². The summed E-state index contributed by atoms with van der Waals surface area (Å²) in [5, 5.41) is 18.9. The molecule has 8 fully saturated rings. The maximum atomic E-state index is 9.43. The number of hydrogen-bond acceptors (Lipinski definition) is 4. The highest BCUT2D eigenvalue weighted by molar-refractivity contribution is 5.78. The molecular weight excluding hydrogens is 613 g/mol. The molecule has 0 N–H and O–H groups in total. The van der Waals surface area contributed by atoms with Gasteiger partial charge in [0.1, 0.15) is 23.0 Å². The predicted molar refractivity (Wildman–Crippen MR) is 194 cm³/mol. The van der Waals surface area contributed by atoms with Crippen LogP contribution in [0.25, 0.3) is 11.1 Å². The topological polar surface area (TPSA) is 66.0 Å². The largest absolute Gasteiger partial charge is 0.457 e. The summed E-state index contributed by atoms with van der Waals surface area (Å²) in [5.74, 6) is 8.21. The molecule has 4 aromatic carbocycles. The Kier molecular flexibility index (Phi) is 6.97. The first kappa shape index (κ1) is 30.3. The molecule has 0 atom stereocenters. The van der Waals surface area contributed by atoms with Crippen molar-refractivity contribution in [2.75, 3.05) is 0 Å². The van der Waals surface area contributed by atoms with Gasteiger partial charge < -0.3 is 9.47 Å². The first-order valence-electron chi connectivity index (χ1n) is 19.1. The SMILES string of the molecule is N#Cc1ccc(Oc2ccc(C34CC5CC(CC(C5)C3)C4)cc2-c2cc(C34CC5CC(CC(C5)C3)C4)ccc2Oc2ccc(C#N)cc2)cc1. The Morgan fingerprint density at radius 2 is 0.760 bits per heavy atom. The van der Waals surface area contributed by atoms with Crippen LogP contribution in [0.4, 0.5) is 0 Å². The van der Waals surface area contributed by atoms with Crippen molar-refractivity contribution in [2.45, 2.75) is 87.9 Å². The molecule has 8 bridgehead atoms. The number of benzene rings is 4. The second-order valence-electron chi connectivity index (χ2n) is 17.3. The standard InChI is InChI=1S/C46H44N2O2/c47-27-29-1-7-39(8-2-29)49-43-11-5-37(45-21-31-13-32(22-45)15-33(14-31)23-45)19-41(43)42-20-38(46-24-34-16-35(25-46)18-36(17-34)26-46)6-12-44(42)50-40-9-3-30(28-48)4-10-40/h1-12,19-20,31-36H,13-18,21-26H2. The minimum absolute atomic E-state index is 0.238. The van der Waals surface area contributed by atoms with Crippen LogP contribution in [0.1, 0.15) is 99.3 Å². The van der Waals surface area contributed by atoms with E-state index in [0.29, 0.717) is 11.1 Å². The molecule has 0 heterocycles. The van der Waals surface area contributed by atoms with Gasteiger partial charge in [-0.3, -0.25) is 0 Å². The van der Waals surface area contributed by atoms with Crippen molar-refractivity contribution in [1.29, 1.82) is 10.5 Å². The van der Waals surface area contributed by atoms with Crippen LogP contribution in [0.3, 0.4) is 0 Å². The molecule has 0 aliphatic heterocycles. The summed E-state index contributed by atoms with van der Waals surface area (Å²) >= 11 is 0. The normalized spacial score (nSPS) is 32.8. The molecule has 0 aromatic heterocycles. The lowest BCUT2D eigenvalue weighted by molar-refractivity contribution is -0.00536. The summed E-state index contributed by atoms with van der Waals surface area (Å²) < 4.78 is 13.5. The average Bonchev–Trinajstić information content (AvgIpc) is 3.11. The van der Waals surface area contributed by atoms with Crippen molar-refractivity contribution in [3.8, 4) is 46.3 Å². The summed E-state index contributed by atoms with van der Waals surface area (Å²) in [6.07, 6.45) is 16.3. The number of hydrogen-bond donors (Lipinski definition) is 0. The van der Waals surface area contributed by atoms with Crippen LogP contribution in [-0.4, -0.2) is 0 Å². The van der Waals surface area contributed by atoms with Gasteiger partial charge in [-0.05, 0) is 207 Å². The quantitative estimate of drug-likeness (QED) is 0.199. The number of rotatable bonds is 7. The lowest BCUT2D eigenvalue weighted by Gasteiger charge is -2.57. The lowest BCUT2D eigenvalue weighted by atomic mass is 9.48. The van der Waals surface area contributed by atoms with Gasteiger partial charge in [-0.2, -0.15) is 10.5 Å². The predicted octanol–water partition coefficient (Wildman–Crippen LogP) is 11.6. The van der Waals surface area contributed by atoms with Gasteiger partial charge in [0.15, 0.2) is 0 Å². The molecule has 0 unspecified atom stereocenters. The Bertz CT molecular complexity index is 1830. The summed E-state index contributed by atoms with van der Waals surface area (Å²) in [5.41, 5.74) is 6.80. The van der Waals surface area contributed by atoms with E-state index >= 15 is 0 Å². The highest BCUT2D eigenvalue weighted by atomic mass is 16.5. The van der Waals surface area contributed by atoms with Crippen molar-refractivity contribution in [1.82, 2.24) is 0 Å². The number of ether oxygens (including phenoxy) is 2. The Balaban J connectivity index is 1.13. The first-order valence-corrected chi connectivity index (χ1v) is 19.1. The van der Waals surface area contributed by atoms with Crippen molar-refractivity contribution >= 4 is 0 Å². The Hall–Kier alpha value is -4.54. The molecule has 0 spiro atoms. The Morgan fingerprint density at radius 1 is 0.440 bits per heavy atom. The zero-order valence-electron chi connectivity index (χ0n) is 28.7. The molecule has 50 heavy (non-hydrogen) atoms. The molecule has 250 valence electrons. The zero-order chi connectivity index (χ0) is 33.5. The Labute approximate surface area is 296 Å². The van der Waals surface area contributed by atoms with Gasteiger partial charge in [0.05, 0.1) is 23.3 Å². The smallest absolute Gasteiger partial charge is 0.135 e. The van der Waals surface area contributed by atoms with Crippen molar-refractivity contribution < 1.29 is 9.47 Å². The second kappa shape index (κ2) is 11.5. The van der Waals surface area contributed by atoms with E-state index in [2.05, 4.69) is 48.5 Å². The van der Waals surface area contributed by atoms with Crippen LogP contribution in [0.5, 0.6) is 23.0 Å². The molecule has 8 saturated carbocycles. The zero-order valence-corrected chi connectivity index (χ0v) is 28.7. The van der Waals surface area contributed by atoms with Crippen LogP contribution in [0, 0.1) is 58.2 Å². The molecule has 8 aliphatic carbocycles. The maximum Gasteiger partial charge on any atom is 0.135 e. The maximum absolute atomic E-state index is 9.43. The van der Waals surface area contributed by atoms with Crippen molar-refractivity contribution in [3.05, 3.63) is 107 Å². The van der Waals surface area contributed by atoms with E-state index < -0.39 is 0 Å². The molecule has 0 radical (unpaired) electrons. The van der Waals surface area contributed by atoms with Gasteiger partial charge in [0.25, 0.3) is 0 Å². The Morgan fingerprint density at radius 3 is 1.06 bits per heavy atom. The van der Waals surface area contributed by atoms with E-state index in [0.717, 1.165) is 69.6 Å². The molecule has 0 amide bonds. The minimum atomic E-state index is 0.238. The van der Waals surface area contributed by atoms with Gasteiger partial charge in [-0.15, -0.1) is 0 Å². The summed E-state index contributed by atoms with van der Waals surface area (Å²) in [4.78, 5) is 0. The van der Waals surface area contributed by atoms with E-state index in [1.165, 1.54) is 88.2 Å². The molecular formula is C46H44N2O2. The van der Waals surface area contributed by atoms with Crippen LogP contribution < -0.4 is 9.47 Å². The monoisotopic (exact) mass is 656 g/mol.